The molecule has 1 unspecified atom stereocenters. The van der Waals surface area contributed by atoms with E-state index in [1.165, 1.54) is 6.07 Å². The molecule has 2 saturated heterocycles. The Hall–Kier alpha value is -2.92. The quantitative estimate of drug-likeness (QED) is 0.321. The number of carbonyl (C=O) groups excluding carboxylic acids is 1. The summed E-state index contributed by atoms with van der Waals surface area (Å²) in [5.41, 5.74) is -2.61. The van der Waals surface area contributed by atoms with Crippen molar-refractivity contribution in [1.29, 1.82) is 5.26 Å². The molecular formula is C29H36Cl2F3N5O4S. The number of carboxylic acid groups (broad SMARTS) is 1. The monoisotopic (exact) mass is 677 g/mol. The number of aryl methyl sites for hydroxylation is 1. The maximum atomic E-state index is 13.6. The molecule has 242 valence electrons. The van der Waals surface area contributed by atoms with Crippen molar-refractivity contribution >= 4 is 60.7 Å². The first-order valence-corrected chi connectivity index (χ1v) is 14.3. The summed E-state index contributed by atoms with van der Waals surface area (Å²) in [6, 6.07) is 7.75. The number of likely N-dealkylation sites (tertiary alicyclic amines) is 1. The summed E-state index contributed by atoms with van der Waals surface area (Å²) >= 11 is 4.65. The van der Waals surface area contributed by atoms with Crippen LogP contribution in [0.15, 0.2) is 30.5 Å². The van der Waals surface area contributed by atoms with Crippen LogP contribution < -0.4 is 14.5 Å². The van der Waals surface area contributed by atoms with E-state index in [1.54, 1.807) is 24.8 Å². The Morgan fingerprint density at radius 2 is 1.86 bits per heavy atom. The Balaban J connectivity index is 0.00000337. The van der Waals surface area contributed by atoms with E-state index in [4.69, 9.17) is 15.1 Å². The molecule has 2 fully saturated rings. The lowest BCUT2D eigenvalue weighted by molar-refractivity contribution is -0.139. The van der Waals surface area contributed by atoms with Crippen molar-refractivity contribution in [3.8, 4) is 11.8 Å². The lowest BCUT2D eigenvalue weighted by atomic mass is 9.94. The zero-order valence-corrected chi connectivity index (χ0v) is 27.0. The number of benzene rings is 1. The van der Waals surface area contributed by atoms with Gasteiger partial charge in [-0.25, -0.2) is 4.98 Å². The molecule has 4 rings (SSSR count). The number of anilines is 2. The highest BCUT2D eigenvalue weighted by molar-refractivity contribution is 7.81. The average molecular weight is 679 g/mol. The molecule has 2 aliphatic rings. The molecule has 1 N–H and O–H groups in total. The van der Waals surface area contributed by atoms with Crippen LogP contribution in [-0.2, 0) is 22.2 Å². The second-order valence-electron chi connectivity index (χ2n) is 11.0. The number of carboxylic acids is 1. The summed E-state index contributed by atoms with van der Waals surface area (Å²) in [6.07, 6.45) is -0.388. The Morgan fingerprint density at radius 1 is 1.20 bits per heavy atom. The zero-order chi connectivity index (χ0) is 30.8. The number of aliphatic carboxylic acids is 1. The van der Waals surface area contributed by atoms with Gasteiger partial charge in [-0.15, -0.1) is 37.4 Å². The van der Waals surface area contributed by atoms with Gasteiger partial charge in [-0.3, -0.25) is 19.4 Å². The van der Waals surface area contributed by atoms with Crippen LogP contribution in [0.25, 0.3) is 0 Å². The molecule has 0 aliphatic carbocycles. The van der Waals surface area contributed by atoms with Gasteiger partial charge in [-0.1, -0.05) is 6.92 Å². The number of pyridine rings is 1. The third kappa shape index (κ3) is 7.83. The highest BCUT2D eigenvalue weighted by Crippen LogP contribution is 2.42. The molecule has 2 aromatic rings. The fourth-order valence-electron chi connectivity index (χ4n) is 5.60. The Bertz CT molecular complexity index is 1380. The molecule has 1 amide bonds. The number of aromatic nitrogens is 1. The van der Waals surface area contributed by atoms with E-state index in [2.05, 4.69) is 17.6 Å². The third-order valence-electron chi connectivity index (χ3n) is 7.92. The summed E-state index contributed by atoms with van der Waals surface area (Å²) in [5.74, 6) is -0.101. The maximum absolute atomic E-state index is 13.6. The number of ether oxygens (including phenoxy) is 1. The number of nitriles is 1. The summed E-state index contributed by atoms with van der Waals surface area (Å²) in [6.45, 7) is 7.44. The second kappa shape index (κ2) is 14.9. The minimum atomic E-state index is -4.82. The van der Waals surface area contributed by atoms with Crippen molar-refractivity contribution < 1.29 is 32.6 Å². The van der Waals surface area contributed by atoms with Gasteiger partial charge in [0.1, 0.15) is 17.4 Å². The number of amides is 1. The fourth-order valence-corrected chi connectivity index (χ4v) is 6.26. The summed E-state index contributed by atoms with van der Waals surface area (Å²) in [4.78, 5) is 33.0. The van der Waals surface area contributed by atoms with Crippen LogP contribution in [0.3, 0.4) is 0 Å². The largest absolute Gasteiger partial charge is 0.493 e. The van der Waals surface area contributed by atoms with Gasteiger partial charge in [0.05, 0.1) is 30.6 Å². The average Bonchev–Trinajstić information content (AvgIpc) is 3.11. The van der Waals surface area contributed by atoms with Gasteiger partial charge in [0.25, 0.3) is 5.91 Å². The van der Waals surface area contributed by atoms with E-state index in [9.17, 15) is 22.8 Å². The van der Waals surface area contributed by atoms with E-state index in [0.717, 1.165) is 55.1 Å². The van der Waals surface area contributed by atoms with E-state index in [1.807, 2.05) is 24.0 Å². The molecule has 0 bridgehead atoms. The van der Waals surface area contributed by atoms with E-state index in [0.29, 0.717) is 30.4 Å². The van der Waals surface area contributed by atoms with Crippen LogP contribution in [0.2, 0.25) is 0 Å². The number of alkyl halides is 3. The van der Waals surface area contributed by atoms with Crippen molar-refractivity contribution in [2.75, 3.05) is 36.0 Å². The number of carbonyl (C=O) groups is 2. The Morgan fingerprint density at radius 3 is 2.43 bits per heavy atom. The first-order chi connectivity index (χ1) is 19.8. The minimum Gasteiger partial charge on any atom is -0.493 e. The fraction of sp³-hybridized carbons (Fsp3) is 0.517. The molecule has 1 aromatic heterocycles. The van der Waals surface area contributed by atoms with E-state index < -0.39 is 40.3 Å². The Kier molecular flexibility index (Phi) is 12.6. The van der Waals surface area contributed by atoms with Gasteiger partial charge < -0.3 is 14.7 Å². The van der Waals surface area contributed by atoms with Crippen molar-refractivity contribution in [3.63, 3.8) is 0 Å². The van der Waals surface area contributed by atoms with Gasteiger partial charge in [-0.2, -0.15) is 18.4 Å². The van der Waals surface area contributed by atoms with Crippen molar-refractivity contribution in [3.05, 3.63) is 47.3 Å². The van der Waals surface area contributed by atoms with Gasteiger partial charge in [-0.05, 0) is 88.4 Å². The summed E-state index contributed by atoms with van der Waals surface area (Å²) in [5, 5.41) is 18.1. The smallest absolute Gasteiger partial charge is 0.419 e. The number of hydrogen-bond acceptors (Lipinski definition) is 8. The lowest BCUT2D eigenvalue weighted by Gasteiger charge is -2.34. The number of hydrogen-bond donors (Lipinski definition) is 2. The first kappa shape index (κ1) is 37.3. The van der Waals surface area contributed by atoms with Crippen LogP contribution in [0.1, 0.15) is 56.9 Å². The van der Waals surface area contributed by atoms with Gasteiger partial charge in [0.15, 0.2) is 11.2 Å². The van der Waals surface area contributed by atoms with Gasteiger partial charge in [0, 0.05) is 5.69 Å². The highest BCUT2D eigenvalue weighted by Gasteiger charge is 2.52. The maximum Gasteiger partial charge on any atom is 0.419 e. The Labute approximate surface area is 272 Å². The molecule has 3 heterocycles. The number of rotatable bonds is 9. The molecule has 1 atom stereocenters. The van der Waals surface area contributed by atoms with Gasteiger partial charge in [0.2, 0.25) is 0 Å². The lowest BCUT2D eigenvalue weighted by Crippen LogP contribution is -2.45. The van der Waals surface area contributed by atoms with E-state index in [-0.39, 0.29) is 37.0 Å². The molecule has 0 radical (unpaired) electrons. The molecule has 0 spiro atoms. The number of piperidine rings is 1. The second-order valence-corrected chi connectivity index (χ2v) is 11.5. The van der Waals surface area contributed by atoms with Crippen LogP contribution >= 0.6 is 37.4 Å². The molecular weight excluding hydrogens is 642 g/mol. The molecule has 0 saturated carbocycles. The molecule has 1 aromatic carbocycles. The number of thiol groups is 1. The minimum absolute atomic E-state index is 0. The first-order valence-electron chi connectivity index (χ1n) is 13.8. The predicted molar refractivity (Wildman–Crippen MR) is 168 cm³/mol. The molecule has 2 aliphatic heterocycles. The standard InChI is InChI=1S/C29H34F3N5O4S.2ClH/c1-4-19-13-20(5-6-24(19)41-12-9-18-7-10-35(11-8-18)17-25(38)39)37-27(42)36(26(40)28(37,2)3)21-14-22(29(30,31)32)23(15-33)34-16-21;;/h5-6,13-14,16,18,27,42H,4,7-12,17H2,1-3H3,(H,38,39);2*1H. The van der Waals surface area contributed by atoms with Crippen molar-refractivity contribution in [2.45, 2.75) is 63.7 Å². The topological polar surface area (TPSA) is 110 Å². The third-order valence-corrected chi connectivity index (χ3v) is 8.38. The highest BCUT2D eigenvalue weighted by atomic mass is 35.5. The van der Waals surface area contributed by atoms with Crippen LogP contribution in [-0.4, -0.2) is 64.1 Å². The summed E-state index contributed by atoms with van der Waals surface area (Å²) < 4.78 is 46.9. The molecule has 44 heavy (non-hydrogen) atoms. The van der Waals surface area contributed by atoms with E-state index >= 15 is 0 Å². The number of halogens is 5. The number of nitrogens with zero attached hydrogens (tertiary/aromatic N) is 5. The van der Waals surface area contributed by atoms with Crippen molar-refractivity contribution in [2.24, 2.45) is 5.92 Å². The van der Waals surface area contributed by atoms with Crippen LogP contribution in [0.5, 0.6) is 5.75 Å². The SMILES string of the molecule is CCc1cc(N2C(S)N(c3cnc(C#N)c(C(F)(F)F)c3)C(=O)C2(C)C)ccc1OCCC1CCN(CC(=O)O)CC1.Cl.Cl. The summed E-state index contributed by atoms with van der Waals surface area (Å²) in [7, 11) is 0. The predicted octanol–water partition coefficient (Wildman–Crippen LogP) is 5.79. The normalized spacial score (nSPS) is 18.8. The van der Waals surface area contributed by atoms with Crippen LogP contribution in [0, 0.1) is 17.2 Å². The van der Waals surface area contributed by atoms with Crippen molar-refractivity contribution in [1.82, 2.24) is 9.88 Å². The van der Waals surface area contributed by atoms with Gasteiger partial charge >= 0.3 is 12.1 Å². The molecule has 15 heteroatoms. The zero-order valence-electron chi connectivity index (χ0n) is 24.5. The van der Waals surface area contributed by atoms with Crippen LogP contribution in [0.4, 0.5) is 24.5 Å². The molecule has 9 nitrogen and oxygen atoms in total.